The third-order valence-corrected chi connectivity index (χ3v) is 5.96. The first-order valence-electron chi connectivity index (χ1n) is 11.0. The molecule has 32 heavy (non-hydrogen) atoms. The summed E-state index contributed by atoms with van der Waals surface area (Å²) in [6.07, 6.45) is 0.884. The average Bonchev–Trinajstić information content (AvgIpc) is 3.19. The number of nitrogens with zero attached hydrogens (tertiary/aromatic N) is 2. The molecule has 4 rings (SSSR count). The number of rotatable bonds is 7. The minimum absolute atomic E-state index is 0.720. The zero-order chi connectivity index (χ0) is 22.7. The number of ether oxygens (including phenoxy) is 2. The van der Waals surface area contributed by atoms with E-state index in [-0.39, 0.29) is 0 Å². The van der Waals surface area contributed by atoms with Crippen molar-refractivity contribution in [3.05, 3.63) is 89.0 Å². The van der Waals surface area contributed by atoms with Gasteiger partial charge in [-0.25, -0.2) is 0 Å². The maximum atomic E-state index is 5.38. The second-order valence-corrected chi connectivity index (χ2v) is 8.07. The standard InChI is InChI=1S/C28H30N2O2/c1-6-26-27(21-9-13-24(31-4)14-10-21)29-30(18-23-17-19(2)7-8-20(23)3)28(26)22-11-15-25(32-5)16-12-22/h7-17H,6,18H2,1-5H3. The molecule has 0 fully saturated rings. The van der Waals surface area contributed by atoms with E-state index in [0.29, 0.717) is 0 Å². The summed E-state index contributed by atoms with van der Waals surface area (Å²) in [7, 11) is 3.38. The molecule has 1 aromatic heterocycles. The van der Waals surface area contributed by atoms with Gasteiger partial charge in [0.15, 0.2) is 0 Å². The smallest absolute Gasteiger partial charge is 0.118 e. The van der Waals surface area contributed by atoms with Crippen LogP contribution in [0.25, 0.3) is 22.5 Å². The molecule has 0 spiro atoms. The van der Waals surface area contributed by atoms with E-state index < -0.39 is 0 Å². The summed E-state index contributed by atoms with van der Waals surface area (Å²) >= 11 is 0. The summed E-state index contributed by atoms with van der Waals surface area (Å²) in [4.78, 5) is 0. The van der Waals surface area contributed by atoms with Gasteiger partial charge in [-0.1, -0.05) is 30.7 Å². The molecule has 4 heteroatoms. The largest absolute Gasteiger partial charge is 0.497 e. The molecule has 0 saturated heterocycles. The van der Waals surface area contributed by atoms with Crippen LogP contribution < -0.4 is 9.47 Å². The quantitative estimate of drug-likeness (QED) is 0.340. The summed E-state index contributed by atoms with van der Waals surface area (Å²) in [6.45, 7) is 7.21. The molecule has 3 aromatic carbocycles. The number of benzene rings is 3. The third-order valence-electron chi connectivity index (χ3n) is 5.96. The van der Waals surface area contributed by atoms with Crippen molar-refractivity contribution in [1.29, 1.82) is 0 Å². The molecule has 4 aromatic rings. The maximum absolute atomic E-state index is 5.38. The number of hydrogen-bond donors (Lipinski definition) is 0. The molecular weight excluding hydrogens is 396 g/mol. The van der Waals surface area contributed by atoms with Gasteiger partial charge in [0.25, 0.3) is 0 Å². The van der Waals surface area contributed by atoms with E-state index in [1.807, 2.05) is 24.3 Å². The molecule has 0 N–H and O–H groups in total. The van der Waals surface area contributed by atoms with E-state index in [9.17, 15) is 0 Å². The molecule has 0 aliphatic rings. The molecule has 0 aliphatic heterocycles. The number of hydrogen-bond acceptors (Lipinski definition) is 3. The van der Waals surface area contributed by atoms with E-state index in [4.69, 9.17) is 14.6 Å². The van der Waals surface area contributed by atoms with Crippen LogP contribution in [0.1, 0.15) is 29.2 Å². The van der Waals surface area contributed by atoms with E-state index >= 15 is 0 Å². The van der Waals surface area contributed by atoms with Crippen LogP contribution in [-0.4, -0.2) is 24.0 Å². The highest BCUT2D eigenvalue weighted by Gasteiger charge is 2.20. The number of aryl methyl sites for hydroxylation is 2. The first kappa shape index (κ1) is 21.7. The van der Waals surface area contributed by atoms with Gasteiger partial charge in [-0.15, -0.1) is 0 Å². The third kappa shape index (κ3) is 4.26. The Morgan fingerprint density at radius 3 is 1.94 bits per heavy atom. The summed E-state index contributed by atoms with van der Waals surface area (Å²) in [5.74, 6) is 1.69. The minimum atomic E-state index is 0.720. The lowest BCUT2D eigenvalue weighted by atomic mass is 9.99. The molecule has 0 radical (unpaired) electrons. The molecule has 4 nitrogen and oxygen atoms in total. The molecule has 0 unspecified atom stereocenters. The molecule has 0 bridgehead atoms. The van der Waals surface area contributed by atoms with Crippen LogP contribution in [0.5, 0.6) is 11.5 Å². The summed E-state index contributed by atoms with van der Waals surface area (Å²) in [5, 5.41) is 5.14. The monoisotopic (exact) mass is 426 g/mol. The van der Waals surface area contributed by atoms with E-state index in [0.717, 1.165) is 47.0 Å². The highest BCUT2D eigenvalue weighted by Crippen LogP contribution is 2.35. The fourth-order valence-corrected chi connectivity index (χ4v) is 4.13. The van der Waals surface area contributed by atoms with E-state index in [1.165, 1.54) is 22.3 Å². The van der Waals surface area contributed by atoms with Crippen molar-refractivity contribution >= 4 is 0 Å². The summed E-state index contributed by atoms with van der Waals surface area (Å²) < 4.78 is 12.9. The molecule has 1 heterocycles. The Balaban J connectivity index is 1.89. The van der Waals surface area contributed by atoms with Crippen molar-refractivity contribution in [2.45, 2.75) is 33.7 Å². The predicted octanol–water partition coefficient (Wildman–Crippen LogP) is 6.46. The van der Waals surface area contributed by atoms with Gasteiger partial charge in [0.2, 0.25) is 0 Å². The van der Waals surface area contributed by atoms with Gasteiger partial charge in [-0.2, -0.15) is 5.10 Å². The van der Waals surface area contributed by atoms with Gasteiger partial charge >= 0.3 is 0 Å². The molecule has 0 atom stereocenters. The summed E-state index contributed by atoms with van der Waals surface area (Å²) in [6, 6.07) is 23.0. The Hall–Kier alpha value is -3.53. The van der Waals surface area contributed by atoms with Gasteiger partial charge in [0, 0.05) is 16.7 Å². The first-order chi connectivity index (χ1) is 15.5. The number of methoxy groups -OCH3 is 2. The Kier molecular flexibility index (Phi) is 6.31. The van der Waals surface area contributed by atoms with Crippen LogP contribution in [0.4, 0.5) is 0 Å². The van der Waals surface area contributed by atoms with E-state index in [1.54, 1.807) is 14.2 Å². The van der Waals surface area contributed by atoms with Crippen LogP contribution in [0, 0.1) is 13.8 Å². The normalized spacial score (nSPS) is 10.9. The molecule has 0 amide bonds. The topological polar surface area (TPSA) is 36.3 Å². The highest BCUT2D eigenvalue weighted by atomic mass is 16.5. The number of aromatic nitrogens is 2. The Bertz CT molecular complexity index is 1210. The lowest BCUT2D eigenvalue weighted by Crippen LogP contribution is -2.06. The Morgan fingerprint density at radius 2 is 1.38 bits per heavy atom. The van der Waals surface area contributed by atoms with Gasteiger partial charge in [-0.3, -0.25) is 4.68 Å². The van der Waals surface area contributed by atoms with Gasteiger partial charge in [-0.05, 0) is 79.9 Å². The van der Waals surface area contributed by atoms with Crippen molar-refractivity contribution in [3.8, 4) is 34.0 Å². The van der Waals surface area contributed by atoms with Crippen LogP contribution in [0.15, 0.2) is 66.7 Å². The zero-order valence-electron chi connectivity index (χ0n) is 19.5. The highest BCUT2D eigenvalue weighted by molar-refractivity contribution is 5.75. The maximum Gasteiger partial charge on any atom is 0.118 e. The van der Waals surface area contributed by atoms with Crippen LogP contribution in [0.3, 0.4) is 0 Å². The van der Waals surface area contributed by atoms with Crippen molar-refractivity contribution < 1.29 is 9.47 Å². The van der Waals surface area contributed by atoms with E-state index in [2.05, 4.69) is 67.9 Å². The summed E-state index contributed by atoms with van der Waals surface area (Å²) in [5.41, 5.74) is 9.47. The van der Waals surface area contributed by atoms with Gasteiger partial charge in [0.1, 0.15) is 11.5 Å². The van der Waals surface area contributed by atoms with Crippen LogP contribution in [0.2, 0.25) is 0 Å². The fraction of sp³-hybridized carbons (Fsp3) is 0.250. The van der Waals surface area contributed by atoms with Crippen LogP contribution in [-0.2, 0) is 13.0 Å². The van der Waals surface area contributed by atoms with Crippen molar-refractivity contribution in [2.75, 3.05) is 14.2 Å². The molecule has 0 saturated carbocycles. The lowest BCUT2D eigenvalue weighted by Gasteiger charge is -2.12. The zero-order valence-corrected chi connectivity index (χ0v) is 19.5. The first-order valence-corrected chi connectivity index (χ1v) is 11.0. The fourth-order valence-electron chi connectivity index (χ4n) is 4.13. The van der Waals surface area contributed by atoms with Gasteiger partial charge in [0.05, 0.1) is 32.2 Å². The Morgan fingerprint density at radius 1 is 0.781 bits per heavy atom. The minimum Gasteiger partial charge on any atom is -0.497 e. The second-order valence-electron chi connectivity index (χ2n) is 8.07. The molecular formula is C28H30N2O2. The van der Waals surface area contributed by atoms with Gasteiger partial charge < -0.3 is 9.47 Å². The van der Waals surface area contributed by atoms with Crippen molar-refractivity contribution in [2.24, 2.45) is 0 Å². The second kappa shape index (κ2) is 9.31. The molecule has 0 aliphatic carbocycles. The predicted molar refractivity (Wildman–Crippen MR) is 131 cm³/mol. The Labute approximate surface area is 190 Å². The van der Waals surface area contributed by atoms with Crippen molar-refractivity contribution in [3.63, 3.8) is 0 Å². The lowest BCUT2D eigenvalue weighted by molar-refractivity contribution is 0.414. The average molecular weight is 427 g/mol. The molecule has 164 valence electrons. The van der Waals surface area contributed by atoms with Crippen molar-refractivity contribution in [1.82, 2.24) is 9.78 Å². The SMILES string of the molecule is CCc1c(-c2ccc(OC)cc2)nn(Cc2cc(C)ccc2C)c1-c1ccc(OC)cc1. The van der Waals surface area contributed by atoms with Crippen LogP contribution >= 0.6 is 0 Å².